The lowest BCUT2D eigenvalue weighted by molar-refractivity contribution is -0.114. The van der Waals surface area contributed by atoms with E-state index < -0.39 is 0 Å². The minimum Gasteiger partial charge on any atom is -0.295 e. The molecule has 0 saturated heterocycles. The third-order valence-electron chi connectivity index (χ3n) is 5.61. The van der Waals surface area contributed by atoms with Crippen LogP contribution in [0.1, 0.15) is 52.9 Å². The van der Waals surface area contributed by atoms with E-state index in [1.807, 2.05) is 6.08 Å². The molecule has 0 aromatic rings. The van der Waals surface area contributed by atoms with Gasteiger partial charge in [-0.1, -0.05) is 26.3 Å². The van der Waals surface area contributed by atoms with Crippen molar-refractivity contribution in [2.45, 2.75) is 52.9 Å². The van der Waals surface area contributed by atoms with Gasteiger partial charge in [-0.25, -0.2) is 0 Å². The van der Waals surface area contributed by atoms with Crippen LogP contribution in [0.5, 0.6) is 0 Å². The van der Waals surface area contributed by atoms with E-state index in [-0.39, 0.29) is 0 Å². The number of hydrogen-bond acceptors (Lipinski definition) is 1. The molecule has 1 heteroatoms. The average Bonchev–Trinajstić information content (AvgIpc) is 2.34. The van der Waals surface area contributed by atoms with Crippen molar-refractivity contribution in [2.24, 2.45) is 23.7 Å². The molecule has 1 saturated carbocycles. The summed E-state index contributed by atoms with van der Waals surface area (Å²) >= 11 is 0. The normalized spacial score (nSPS) is 40.2. The zero-order chi connectivity index (χ0) is 12.9. The van der Waals surface area contributed by atoms with Crippen LogP contribution in [-0.4, -0.2) is 5.78 Å². The third kappa shape index (κ3) is 1.79. The van der Waals surface area contributed by atoms with Gasteiger partial charge in [0.05, 0.1) is 0 Å². The predicted molar refractivity (Wildman–Crippen MR) is 74.2 cm³/mol. The monoisotopic (exact) mass is 244 g/mol. The molecule has 18 heavy (non-hydrogen) atoms. The highest BCUT2D eigenvalue weighted by molar-refractivity contribution is 5.93. The molecule has 3 aliphatic rings. The maximum atomic E-state index is 11.6. The van der Waals surface area contributed by atoms with Crippen molar-refractivity contribution in [1.82, 2.24) is 0 Å². The molecule has 0 aromatic carbocycles. The second-order valence-electron chi connectivity index (χ2n) is 6.69. The molecule has 98 valence electrons. The molecule has 1 nitrogen and oxygen atoms in total. The van der Waals surface area contributed by atoms with Crippen LogP contribution in [0.2, 0.25) is 0 Å². The topological polar surface area (TPSA) is 17.1 Å². The summed E-state index contributed by atoms with van der Waals surface area (Å²) in [6.07, 6.45) is 7.44. The summed E-state index contributed by atoms with van der Waals surface area (Å²) in [4.78, 5) is 11.6. The first-order valence-electron chi connectivity index (χ1n) is 7.54. The number of rotatable bonds is 0. The van der Waals surface area contributed by atoms with E-state index >= 15 is 0 Å². The molecule has 0 bridgehead atoms. The van der Waals surface area contributed by atoms with Crippen LogP contribution in [-0.2, 0) is 4.79 Å². The van der Waals surface area contributed by atoms with Crippen molar-refractivity contribution in [3.63, 3.8) is 0 Å². The second kappa shape index (κ2) is 4.36. The summed E-state index contributed by atoms with van der Waals surface area (Å²) in [5.41, 5.74) is 4.69. The standard InChI is InChI=1S/C17H24O/c1-10-8-11(2)17-15(12(10)3)6-4-13-9-14(18)5-7-16(13)17/h9-12,15H,4-8H2,1-3H3. The Hall–Kier alpha value is -0.850. The highest BCUT2D eigenvalue weighted by atomic mass is 16.1. The van der Waals surface area contributed by atoms with E-state index in [9.17, 15) is 4.79 Å². The third-order valence-corrected chi connectivity index (χ3v) is 5.61. The van der Waals surface area contributed by atoms with Crippen LogP contribution in [0, 0.1) is 23.7 Å². The highest BCUT2D eigenvalue weighted by Crippen LogP contribution is 2.51. The number of fused-ring (bicyclic) bond motifs is 2. The molecule has 3 rings (SSSR count). The van der Waals surface area contributed by atoms with Crippen molar-refractivity contribution < 1.29 is 4.79 Å². The molecule has 4 unspecified atom stereocenters. The van der Waals surface area contributed by atoms with Gasteiger partial charge in [-0.05, 0) is 66.6 Å². The molecule has 4 atom stereocenters. The van der Waals surface area contributed by atoms with Crippen LogP contribution in [0.3, 0.4) is 0 Å². The van der Waals surface area contributed by atoms with Gasteiger partial charge in [0.1, 0.15) is 0 Å². The Morgan fingerprint density at radius 1 is 1.11 bits per heavy atom. The van der Waals surface area contributed by atoms with E-state index in [1.54, 1.807) is 11.1 Å². The van der Waals surface area contributed by atoms with Gasteiger partial charge in [0.25, 0.3) is 0 Å². The van der Waals surface area contributed by atoms with Crippen LogP contribution in [0.25, 0.3) is 0 Å². The predicted octanol–water partition coefficient (Wildman–Crippen LogP) is 4.29. The fourth-order valence-electron chi connectivity index (χ4n) is 4.51. The molecule has 0 aromatic heterocycles. The molecule has 0 aliphatic heterocycles. The fraction of sp³-hybridized carbons (Fsp3) is 0.706. The number of carbonyl (C=O) groups excluding carboxylic acids is 1. The Morgan fingerprint density at radius 3 is 2.67 bits per heavy atom. The van der Waals surface area contributed by atoms with E-state index in [1.165, 1.54) is 18.4 Å². The van der Waals surface area contributed by atoms with Gasteiger partial charge in [0, 0.05) is 6.42 Å². The van der Waals surface area contributed by atoms with E-state index in [4.69, 9.17) is 0 Å². The molecule has 0 heterocycles. The van der Waals surface area contributed by atoms with Gasteiger partial charge in [-0.3, -0.25) is 4.79 Å². The first-order chi connectivity index (χ1) is 8.58. The highest BCUT2D eigenvalue weighted by Gasteiger charge is 2.39. The Balaban J connectivity index is 2.05. The van der Waals surface area contributed by atoms with Crippen molar-refractivity contribution in [1.29, 1.82) is 0 Å². The molecular weight excluding hydrogens is 220 g/mol. The van der Waals surface area contributed by atoms with Gasteiger partial charge in [-0.2, -0.15) is 0 Å². The molecule has 3 aliphatic carbocycles. The zero-order valence-electron chi connectivity index (χ0n) is 11.8. The summed E-state index contributed by atoms with van der Waals surface area (Å²) in [7, 11) is 0. The number of allylic oxidation sites excluding steroid dienone is 4. The van der Waals surface area contributed by atoms with Crippen LogP contribution >= 0.6 is 0 Å². The van der Waals surface area contributed by atoms with Gasteiger partial charge < -0.3 is 0 Å². The molecule has 1 fully saturated rings. The lowest BCUT2D eigenvalue weighted by Crippen LogP contribution is -2.34. The maximum absolute atomic E-state index is 11.6. The first-order valence-corrected chi connectivity index (χ1v) is 7.54. The minimum absolute atomic E-state index is 0.345. The average molecular weight is 244 g/mol. The Morgan fingerprint density at radius 2 is 1.89 bits per heavy atom. The summed E-state index contributed by atoms with van der Waals surface area (Å²) in [5, 5.41) is 0. The molecule has 0 spiro atoms. The largest absolute Gasteiger partial charge is 0.295 e. The van der Waals surface area contributed by atoms with Gasteiger partial charge in [0.15, 0.2) is 5.78 Å². The van der Waals surface area contributed by atoms with Crippen LogP contribution < -0.4 is 0 Å². The van der Waals surface area contributed by atoms with E-state index in [0.717, 1.165) is 42.9 Å². The number of hydrogen-bond donors (Lipinski definition) is 0. The lowest BCUT2D eigenvalue weighted by Gasteiger charge is -2.45. The fourth-order valence-corrected chi connectivity index (χ4v) is 4.51. The van der Waals surface area contributed by atoms with Gasteiger partial charge >= 0.3 is 0 Å². The number of carbonyl (C=O) groups is 1. The minimum atomic E-state index is 0.345. The van der Waals surface area contributed by atoms with Gasteiger partial charge in [-0.15, -0.1) is 0 Å². The van der Waals surface area contributed by atoms with Crippen molar-refractivity contribution in [3.8, 4) is 0 Å². The molecule has 0 amide bonds. The SMILES string of the molecule is CC1CC(C)C(C)C2CCC3=CC(=O)CCC3=C12. The van der Waals surface area contributed by atoms with Crippen LogP contribution in [0.4, 0.5) is 0 Å². The van der Waals surface area contributed by atoms with Crippen molar-refractivity contribution in [2.75, 3.05) is 0 Å². The Bertz CT molecular complexity index is 441. The van der Waals surface area contributed by atoms with Crippen molar-refractivity contribution >= 4 is 5.78 Å². The van der Waals surface area contributed by atoms with E-state index in [0.29, 0.717) is 5.78 Å². The van der Waals surface area contributed by atoms with Crippen LogP contribution in [0.15, 0.2) is 22.8 Å². The number of ketones is 1. The Labute approximate surface area is 110 Å². The Kier molecular flexibility index (Phi) is 2.96. The maximum Gasteiger partial charge on any atom is 0.156 e. The molecule has 0 N–H and O–H groups in total. The van der Waals surface area contributed by atoms with Gasteiger partial charge in [0.2, 0.25) is 0 Å². The summed E-state index contributed by atoms with van der Waals surface area (Å²) in [6.45, 7) is 7.25. The molecular formula is C17H24O. The molecule has 0 radical (unpaired) electrons. The summed E-state index contributed by atoms with van der Waals surface area (Å²) in [5.74, 6) is 3.54. The summed E-state index contributed by atoms with van der Waals surface area (Å²) in [6, 6.07) is 0. The quantitative estimate of drug-likeness (QED) is 0.621. The first kappa shape index (κ1) is 12.2. The van der Waals surface area contributed by atoms with E-state index in [2.05, 4.69) is 20.8 Å². The second-order valence-corrected chi connectivity index (χ2v) is 6.69. The zero-order valence-corrected chi connectivity index (χ0v) is 11.8. The van der Waals surface area contributed by atoms with Crippen molar-refractivity contribution in [3.05, 3.63) is 22.8 Å². The summed E-state index contributed by atoms with van der Waals surface area (Å²) < 4.78 is 0. The smallest absolute Gasteiger partial charge is 0.156 e. The lowest BCUT2D eigenvalue weighted by atomic mass is 9.60.